The van der Waals surface area contributed by atoms with Crippen LogP contribution in [0.25, 0.3) is 91.9 Å². The average Bonchev–Trinajstić information content (AvgIpc) is 3.81. The first-order valence-corrected chi connectivity index (χ1v) is 16.5. The van der Waals surface area contributed by atoms with Crippen molar-refractivity contribution in [2.45, 2.75) is 0 Å². The van der Waals surface area contributed by atoms with Gasteiger partial charge in [0.2, 0.25) is 0 Å². The summed E-state index contributed by atoms with van der Waals surface area (Å²) >= 11 is 1.71. The fourth-order valence-corrected chi connectivity index (χ4v) is 8.60. The number of para-hydroxylation sites is 2. The minimum atomic E-state index is 0.683. The quantitative estimate of drug-likeness (QED) is 0.198. The van der Waals surface area contributed by atoms with Crippen molar-refractivity contribution < 1.29 is 4.42 Å². The second-order valence-corrected chi connectivity index (χ2v) is 13.0. The second-order valence-electron chi connectivity index (χ2n) is 12.0. The number of nitriles is 1. The van der Waals surface area contributed by atoms with Crippen LogP contribution in [0.2, 0.25) is 0 Å². The molecule has 0 unspecified atom stereocenters. The first-order valence-electron chi connectivity index (χ1n) is 15.7. The molecule has 0 fully saturated rings. The number of thiophene rings is 1. The summed E-state index contributed by atoms with van der Waals surface area (Å²) in [6, 6.07) is 53.7. The summed E-state index contributed by atoms with van der Waals surface area (Å²) in [5.41, 5.74) is 10.3. The third-order valence-electron chi connectivity index (χ3n) is 9.43. The molecule has 7 aromatic carbocycles. The molecule has 3 nitrogen and oxygen atoms in total. The number of rotatable bonds is 3. The van der Waals surface area contributed by atoms with Crippen molar-refractivity contribution >= 4 is 75.3 Å². The fourth-order valence-electron chi connectivity index (χ4n) is 7.36. The highest BCUT2D eigenvalue weighted by atomic mass is 32.1. The van der Waals surface area contributed by atoms with Gasteiger partial charge in [0.15, 0.2) is 0 Å². The molecule has 3 heterocycles. The molecule has 47 heavy (non-hydrogen) atoms. The highest BCUT2D eigenvalue weighted by molar-refractivity contribution is 7.26. The molecule has 0 saturated carbocycles. The minimum Gasteiger partial charge on any atom is -0.456 e. The lowest BCUT2D eigenvalue weighted by atomic mass is 9.96. The summed E-state index contributed by atoms with van der Waals surface area (Å²) in [7, 11) is 0. The van der Waals surface area contributed by atoms with Crippen LogP contribution in [0.3, 0.4) is 0 Å². The molecule has 10 rings (SSSR count). The molecule has 218 valence electrons. The molecule has 0 amide bonds. The normalized spacial score (nSPS) is 11.8. The molecule has 10 aromatic rings. The Morgan fingerprint density at radius 1 is 0.511 bits per heavy atom. The van der Waals surface area contributed by atoms with Gasteiger partial charge in [-0.15, -0.1) is 11.3 Å². The van der Waals surface area contributed by atoms with E-state index < -0.39 is 0 Å². The summed E-state index contributed by atoms with van der Waals surface area (Å²) < 4.78 is 10.8. The van der Waals surface area contributed by atoms with E-state index in [1.807, 2.05) is 36.4 Å². The molecule has 0 aliphatic heterocycles. The lowest BCUT2D eigenvalue weighted by Gasteiger charge is -2.10. The van der Waals surface area contributed by atoms with Gasteiger partial charge in [-0.3, -0.25) is 0 Å². The first-order chi connectivity index (χ1) is 23.3. The van der Waals surface area contributed by atoms with E-state index in [1.54, 1.807) is 11.3 Å². The van der Waals surface area contributed by atoms with Crippen LogP contribution in [0.5, 0.6) is 0 Å². The molecule has 0 atom stereocenters. The van der Waals surface area contributed by atoms with Crippen LogP contribution in [-0.4, -0.2) is 4.57 Å². The largest absolute Gasteiger partial charge is 0.456 e. The van der Waals surface area contributed by atoms with E-state index in [4.69, 9.17) is 4.42 Å². The summed E-state index contributed by atoms with van der Waals surface area (Å²) in [6.07, 6.45) is 0. The van der Waals surface area contributed by atoms with Gasteiger partial charge >= 0.3 is 0 Å². The molecule has 0 bridgehead atoms. The SMILES string of the molecule is N#Cc1cc(-c2cccc3oc4ccccc4c23)cc2c1sc1c(-n3c4ccccc4c4ccc(-c5ccccc5)cc43)cccc12. The molecule has 0 radical (unpaired) electrons. The average molecular weight is 617 g/mol. The summed E-state index contributed by atoms with van der Waals surface area (Å²) in [5.74, 6) is 0. The predicted molar refractivity (Wildman–Crippen MR) is 197 cm³/mol. The van der Waals surface area contributed by atoms with E-state index >= 15 is 0 Å². The van der Waals surface area contributed by atoms with Gasteiger partial charge in [0.05, 0.1) is 31.7 Å². The van der Waals surface area contributed by atoms with E-state index in [0.717, 1.165) is 70.0 Å². The maximum atomic E-state index is 10.5. The minimum absolute atomic E-state index is 0.683. The Hall–Kier alpha value is -6.15. The van der Waals surface area contributed by atoms with Crippen LogP contribution in [-0.2, 0) is 0 Å². The van der Waals surface area contributed by atoms with E-state index in [2.05, 4.69) is 120 Å². The summed E-state index contributed by atoms with van der Waals surface area (Å²) in [6.45, 7) is 0. The van der Waals surface area contributed by atoms with Crippen LogP contribution < -0.4 is 0 Å². The molecule has 0 saturated heterocycles. The van der Waals surface area contributed by atoms with Gasteiger partial charge in [-0.1, -0.05) is 103 Å². The first kappa shape index (κ1) is 26.1. The number of fused-ring (bicyclic) bond motifs is 9. The van der Waals surface area contributed by atoms with E-state index in [1.165, 1.54) is 21.9 Å². The van der Waals surface area contributed by atoms with Gasteiger partial charge in [0.25, 0.3) is 0 Å². The molecule has 0 N–H and O–H groups in total. The van der Waals surface area contributed by atoms with E-state index in [9.17, 15) is 5.26 Å². The maximum Gasteiger partial charge on any atom is 0.136 e. The molecular weight excluding hydrogens is 593 g/mol. The van der Waals surface area contributed by atoms with Crippen LogP contribution in [0, 0.1) is 11.3 Å². The van der Waals surface area contributed by atoms with Crippen molar-refractivity contribution in [3.05, 3.63) is 151 Å². The third kappa shape index (κ3) is 3.78. The molecule has 0 aliphatic carbocycles. The van der Waals surface area contributed by atoms with Crippen LogP contribution in [0.15, 0.2) is 150 Å². The topological polar surface area (TPSA) is 41.9 Å². The molecule has 0 aliphatic rings. The predicted octanol–water partition coefficient (Wildman–Crippen LogP) is 12.3. The van der Waals surface area contributed by atoms with Gasteiger partial charge in [-0.2, -0.15) is 5.26 Å². The molecular formula is C43H24N2OS. The van der Waals surface area contributed by atoms with Crippen molar-refractivity contribution in [2.75, 3.05) is 0 Å². The Morgan fingerprint density at radius 3 is 2.15 bits per heavy atom. The molecule has 4 heteroatoms. The Kier molecular flexibility index (Phi) is 5.51. The second kappa shape index (κ2) is 9.92. The van der Waals surface area contributed by atoms with Gasteiger partial charge in [-0.25, -0.2) is 0 Å². The smallest absolute Gasteiger partial charge is 0.136 e. The molecule has 0 spiro atoms. The molecule has 3 aromatic heterocycles. The van der Waals surface area contributed by atoms with E-state index in [-0.39, 0.29) is 0 Å². The van der Waals surface area contributed by atoms with Gasteiger partial charge in [-0.05, 0) is 64.7 Å². The number of hydrogen-bond acceptors (Lipinski definition) is 3. The van der Waals surface area contributed by atoms with Gasteiger partial charge < -0.3 is 8.98 Å². The summed E-state index contributed by atoms with van der Waals surface area (Å²) in [4.78, 5) is 0. The standard InChI is InChI=1S/C43H24N2OS/c44-25-29-22-28(30-14-9-19-40-41(30)34-13-5-7-18-39(34)46-40)23-35-33-15-8-17-37(43(33)47-42(29)35)45-36-16-6-4-12-31(36)32-21-20-27(24-38(32)45)26-10-2-1-3-11-26/h1-24H. The summed E-state index contributed by atoms with van der Waals surface area (Å²) in [5, 5.41) is 17.3. The maximum absolute atomic E-state index is 10.5. The number of furan rings is 1. The van der Waals surface area contributed by atoms with Crippen molar-refractivity contribution in [2.24, 2.45) is 0 Å². The van der Waals surface area contributed by atoms with Crippen molar-refractivity contribution in [3.63, 3.8) is 0 Å². The highest BCUT2D eigenvalue weighted by Crippen LogP contribution is 2.45. The fraction of sp³-hybridized carbons (Fsp3) is 0. The lowest BCUT2D eigenvalue weighted by Crippen LogP contribution is -1.94. The van der Waals surface area contributed by atoms with Crippen molar-refractivity contribution in [1.29, 1.82) is 5.26 Å². The lowest BCUT2D eigenvalue weighted by molar-refractivity contribution is 0.669. The Labute approximate surface area is 273 Å². The zero-order valence-electron chi connectivity index (χ0n) is 25.1. The Balaban J connectivity index is 1.26. The van der Waals surface area contributed by atoms with Crippen molar-refractivity contribution in [3.8, 4) is 34.0 Å². The number of hydrogen-bond donors (Lipinski definition) is 0. The Morgan fingerprint density at radius 2 is 1.26 bits per heavy atom. The van der Waals surface area contributed by atoms with Crippen molar-refractivity contribution in [1.82, 2.24) is 4.57 Å². The Bertz CT molecular complexity index is 2920. The monoisotopic (exact) mass is 616 g/mol. The number of nitrogens with zero attached hydrogens (tertiary/aromatic N) is 2. The zero-order chi connectivity index (χ0) is 31.1. The third-order valence-corrected chi connectivity index (χ3v) is 10.7. The highest BCUT2D eigenvalue weighted by Gasteiger charge is 2.20. The van der Waals surface area contributed by atoms with Gasteiger partial charge in [0.1, 0.15) is 17.2 Å². The van der Waals surface area contributed by atoms with E-state index in [0.29, 0.717) is 5.56 Å². The zero-order valence-corrected chi connectivity index (χ0v) is 25.9. The van der Waals surface area contributed by atoms with Crippen LogP contribution >= 0.6 is 11.3 Å². The van der Waals surface area contributed by atoms with Crippen LogP contribution in [0.4, 0.5) is 0 Å². The number of aromatic nitrogens is 1. The number of benzene rings is 7. The van der Waals surface area contributed by atoms with Gasteiger partial charge in [0, 0.05) is 32.3 Å². The van der Waals surface area contributed by atoms with Crippen LogP contribution in [0.1, 0.15) is 5.56 Å².